The largest absolute Gasteiger partial charge is 0.415 e. The van der Waals surface area contributed by atoms with Crippen molar-refractivity contribution < 1.29 is 14.2 Å². The minimum absolute atomic E-state index is 0.119. The summed E-state index contributed by atoms with van der Waals surface area (Å²) in [7, 11) is 0. The summed E-state index contributed by atoms with van der Waals surface area (Å²) in [6.07, 6.45) is 0. The van der Waals surface area contributed by atoms with Crippen molar-refractivity contribution >= 4 is 11.4 Å². The Morgan fingerprint density at radius 2 is 1.74 bits per heavy atom. The maximum Gasteiger partial charge on any atom is 0.271 e. The molecule has 1 aromatic heterocycles. The average Bonchev–Trinajstić information content (AvgIpc) is 3.18. The molecular weight excluding hydrogens is 346 g/mol. The number of aromatic nitrogens is 2. The summed E-state index contributed by atoms with van der Waals surface area (Å²) < 4.78 is 5.80. The molecule has 0 spiro atoms. The highest BCUT2D eigenvalue weighted by Gasteiger charge is 2.23. The molecule has 0 bridgehead atoms. The lowest BCUT2D eigenvalue weighted by Crippen LogP contribution is -3.13. The van der Waals surface area contributed by atoms with Crippen LogP contribution in [0.25, 0.3) is 11.5 Å². The third-order valence-electron chi connectivity index (χ3n) is 4.79. The Balaban J connectivity index is 1.33. The number of piperazine rings is 1. The molecule has 0 unspecified atom stereocenters. The number of non-ortho nitro benzene ring substituents is 1. The molecule has 0 radical (unpaired) electrons. The molecule has 0 atom stereocenters. The highest BCUT2D eigenvalue weighted by molar-refractivity contribution is 5.52. The number of anilines is 1. The monoisotopic (exact) mass is 366 g/mol. The molecule has 4 rings (SSSR count). The van der Waals surface area contributed by atoms with Gasteiger partial charge in [0, 0.05) is 23.4 Å². The van der Waals surface area contributed by atoms with Gasteiger partial charge in [-0.05, 0) is 24.3 Å². The van der Waals surface area contributed by atoms with Gasteiger partial charge in [0.2, 0.25) is 5.89 Å². The van der Waals surface area contributed by atoms with Crippen molar-refractivity contribution in [2.24, 2.45) is 0 Å². The molecule has 8 nitrogen and oxygen atoms in total. The van der Waals surface area contributed by atoms with Crippen LogP contribution in [-0.2, 0) is 6.54 Å². The lowest BCUT2D eigenvalue weighted by molar-refractivity contribution is -0.915. The van der Waals surface area contributed by atoms with Gasteiger partial charge in [0.15, 0.2) is 6.54 Å². The van der Waals surface area contributed by atoms with Gasteiger partial charge in [-0.15, -0.1) is 10.2 Å². The van der Waals surface area contributed by atoms with Crippen molar-refractivity contribution in [1.29, 1.82) is 0 Å². The average molecular weight is 366 g/mol. The van der Waals surface area contributed by atoms with Crippen LogP contribution in [0.1, 0.15) is 5.89 Å². The van der Waals surface area contributed by atoms with Crippen LogP contribution in [0.4, 0.5) is 11.4 Å². The molecule has 1 saturated heterocycles. The molecule has 1 N–H and O–H groups in total. The Kier molecular flexibility index (Phi) is 4.80. The van der Waals surface area contributed by atoms with Crippen LogP contribution in [-0.4, -0.2) is 41.3 Å². The van der Waals surface area contributed by atoms with Gasteiger partial charge in [-0.1, -0.05) is 18.2 Å². The van der Waals surface area contributed by atoms with E-state index in [1.165, 1.54) is 4.90 Å². The van der Waals surface area contributed by atoms with E-state index in [0.717, 1.165) is 37.4 Å². The second-order valence-electron chi connectivity index (χ2n) is 6.55. The van der Waals surface area contributed by atoms with Gasteiger partial charge in [-0.25, -0.2) is 0 Å². The SMILES string of the molecule is O=[N+]([O-])c1ccc(N2CC[NH+](Cc3nnc(-c4ccccc4)o3)CC2)cc1. The van der Waals surface area contributed by atoms with Crippen molar-refractivity contribution in [3.05, 3.63) is 70.6 Å². The van der Waals surface area contributed by atoms with Gasteiger partial charge in [0.05, 0.1) is 31.1 Å². The summed E-state index contributed by atoms with van der Waals surface area (Å²) >= 11 is 0. The highest BCUT2D eigenvalue weighted by atomic mass is 16.6. The zero-order chi connectivity index (χ0) is 18.6. The van der Waals surface area contributed by atoms with Crippen molar-refractivity contribution in [2.75, 3.05) is 31.1 Å². The maximum atomic E-state index is 10.8. The van der Waals surface area contributed by atoms with Crippen molar-refractivity contribution in [1.82, 2.24) is 10.2 Å². The minimum atomic E-state index is -0.375. The van der Waals surface area contributed by atoms with Crippen LogP contribution in [0.2, 0.25) is 0 Å². The van der Waals surface area contributed by atoms with E-state index in [1.54, 1.807) is 12.1 Å². The number of nitrogens with zero attached hydrogens (tertiary/aromatic N) is 4. The molecule has 8 heteroatoms. The quantitative estimate of drug-likeness (QED) is 0.544. The maximum absolute atomic E-state index is 10.8. The van der Waals surface area contributed by atoms with Gasteiger partial charge in [-0.3, -0.25) is 10.1 Å². The lowest BCUT2D eigenvalue weighted by Gasteiger charge is -2.33. The zero-order valence-electron chi connectivity index (χ0n) is 14.7. The van der Waals surface area contributed by atoms with Crippen LogP contribution in [0, 0.1) is 10.1 Å². The van der Waals surface area contributed by atoms with E-state index >= 15 is 0 Å². The number of hydrogen-bond acceptors (Lipinski definition) is 6. The van der Waals surface area contributed by atoms with E-state index < -0.39 is 0 Å². The Morgan fingerprint density at radius 3 is 2.41 bits per heavy atom. The second-order valence-corrected chi connectivity index (χ2v) is 6.55. The third-order valence-corrected chi connectivity index (χ3v) is 4.79. The Hall–Kier alpha value is -3.26. The topological polar surface area (TPSA) is 89.7 Å². The van der Waals surface area contributed by atoms with Crippen LogP contribution in [0.3, 0.4) is 0 Å². The third kappa shape index (κ3) is 3.95. The number of quaternary nitrogens is 1. The lowest BCUT2D eigenvalue weighted by atomic mass is 10.2. The fraction of sp³-hybridized carbons (Fsp3) is 0.263. The summed E-state index contributed by atoms with van der Waals surface area (Å²) in [4.78, 5) is 14.0. The van der Waals surface area contributed by atoms with Crippen LogP contribution in [0.15, 0.2) is 59.0 Å². The minimum Gasteiger partial charge on any atom is -0.415 e. The second kappa shape index (κ2) is 7.55. The first-order chi connectivity index (χ1) is 13.2. The molecule has 1 fully saturated rings. The molecule has 138 valence electrons. The molecule has 2 aromatic carbocycles. The fourth-order valence-corrected chi connectivity index (χ4v) is 3.28. The molecule has 0 amide bonds. The molecule has 2 heterocycles. The van der Waals surface area contributed by atoms with Crippen molar-refractivity contribution in [3.8, 4) is 11.5 Å². The number of hydrogen-bond donors (Lipinski definition) is 1. The summed E-state index contributed by atoms with van der Waals surface area (Å²) in [6.45, 7) is 4.35. The van der Waals surface area contributed by atoms with E-state index in [4.69, 9.17) is 4.42 Å². The van der Waals surface area contributed by atoms with Crippen LogP contribution < -0.4 is 9.80 Å². The van der Waals surface area contributed by atoms with E-state index in [0.29, 0.717) is 18.3 Å². The van der Waals surface area contributed by atoms with Gasteiger partial charge in [-0.2, -0.15) is 0 Å². The number of benzene rings is 2. The molecule has 27 heavy (non-hydrogen) atoms. The van der Waals surface area contributed by atoms with Crippen LogP contribution >= 0.6 is 0 Å². The summed E-state index contributed by atoms with van der Waals surface area (Å²) in [6, 6.07) is 16.5. The van der Waals surface area contributed by atoms with Gasteiger partial charge in [0.1, 0.15) is 0 Å². The zero-order valence-corrected chi connectivity index (χ0v) is 14.7. The molecule has 0 aliphatic carbocycles. The Bertz CT molecular complexity index is 903. The molecule has 0 saturated carbocycles. The number of nitrogens with one attached hydrogen (secondary N) is 1. The first kappa shape index (κ1) is 17.2. The van der Waals surface area contributed by atoms with Crippen molar-refractivity contribution in [3.63, 3.8) is 0 Å². The highest BCUT2D eigenvalue weighted by Crippen LogP contribution is 2.19. The first-order valence-electron chi connectivity index (χ1n) is 8.90. The smallest absolute Gasteiger partial charge is 0.271 e. The van der Waals surface area contributed by atoms with Crippen LogP contribution in [0.5, 0.6) is 0 Å². The molecule has 1 aliphatic heterocycles. The predicted molar refractivity (Wildman–Crippen MR) is 99.4 cm³/mol. The van der Waals surface area contributed by atoms with E-state index in [-0.39, 0.29) is 10.6 Å². The van der Waals surface area contributed by atoms with E-state index in [1.807, 2.05) is 42.5 Å². The Labute approximate surface area is 156 Å². The fourth-order valence-electron chi connectivity index (χ4n) is 3.28. The summed E-state index contributed by atoms with van der Waals surface area (Å²) in [5.74, 6) is 1.20. The van der Waals surface area contributed by atoms with Gasteiger partial charge >= 0.3 is 0 Å². The summed E-state index contributed by atoms with van der Waals surface area (Å²) in [5, 5.41) is 19.1. The van der Waals surface area contributed by atoms with Gasteiger partial charge in [0.25, 0.3) is 11.6 Å². The normalized spacial score (nSPS) is 15.0. The molecule has 3 aromatic rings. The van der Waals surface area contributed by atoms with Crippen molar-refractivity contribution in [2.45, 2.75) is 6.54 Å². The first-order valence-corrected chi connectivity index (χ1v) is 8.90. The number of nitro groups is 1. The predicted octanol–water partition coefficient (Wildman–Crippen LogP) is 1.55. The standard InChI is InChI=1S/C19H19N5O3/c25-24(26)17-8-6-16(7-9-17)23-12-10-22(11-13-23)14-18-20-21-19(27-18)15-4-2-1-3-5-15/h1-9H,10-14H2/p+1. The van der Waals surface area contributed by atoms with E-state index in [2.05, 4.69) is 15.1 Å². The molecule has 1 aliphatic rings. The van der Waals surface area contributed by atoms with Gasteiger partial charge < -0.3 is 14.2 Å². The molecular formula is C19H20N5O3+. The summed E-state index contributed by atoms with van der Waals surface area (Å²) in [5.41, 5.74) is 2.06. The number of rotatable bonds is 5. The van der Waals surface area contributed by atoms with E-state index in [9.17, 15) is 10.1 Å². The Morgan fingerprint density at radius 1 is 1.04 bits per heavy atom. The number of nitro benzene ring substituents is 1.